The second-order valence-electron chi connectivity index (χ2n) is 5.21. The SMILES string of the molecule is O=C1C(=O)c2ccc(-c3cc(F)cc(F)c3)c3cccc1c23. The molecule has 106 valence electrons. The lowest BCUT2D eigenvalue weighted by molar-refractivity contribution is 0.0825. The zero-order chi connectivity index (χ0) is 15.4. The van der Waals surface area contributed by atoms with Crippen molar-refractivity contribution in [1.29, 1.82) is 0 Å². The number of carbonyl (C=O) groups is 2. The van der Waals surface area contributed by atoms with Gasteiger partial charge in [-0.25, -0.2) is 8.78 Å². The van der Waals surface area contributed by atoms with Crippen LogP contribution in [0.3, 0.4) is 0 Å². The van der Waals surface area contributed by atoms with Crippen molar-refractivity contribution in [2.75, 3.05) is 0 Å². The Bertz CT molecular complexity index is 949. The van der Waals surface area contributed by atoms with Crippen LogP contribution in [0.25, 0.3) is 21.9 Å². The Hall–Kier alpha value is -2.88. The summed E-state index contributed by atoms with van der Waals surface area (Å²) < 4.78 is 26.9. The minimum Gasteiger partial charge on any atom is -0.285 e. The van der Waals surface area contributed by atoms with Gasteiger partial charge in [-0.15, -0.1) is 0 Å². The van der Waals surface area contributed by atoms with E-state index in [9.17, 15) is 18.4 Å². The maximum absolute atomic E-state index is 13.5. The summed E-state index contributed by atoms with van der Waals surface area (Å²) in [5.74, 6) is -2.43. The first-order valence-electron chi connectivity index (χ1n) is 6.67. The van der Waals surface area contributed by atoms with Crippen LogP contribution in [0.4, 0.5) is 8.78 Å². The molecule has 4 rings (SSSR count). The van der Waals surface area contributed by atoms with E-state index in [0.29, 0.717) is 33.0 Å². The maximum Gasteiger partial charge on any atom is 0.234 e. The van der Waals surface area contributed by atoms with Crippen LogP contribution in [0.5, 0.6) is 0 Å². The third-order valence-electron chi connectivity index (χ3n) is 3.91. The molecule has 0 aliphatic heterocycles. The lowest BCUT2D eigenvalue weighted by Gasteiger charge is -2.08. The van der Waals surface area contributed by atoms with Crippen molar-refractivity contribution in [1.82, 2.24) is 0 Å². The molecule has 22 heavy (non-hydrogen) atoms. The zero-order valence-electron chi connectivity index (χ0n) is 11.2. The van der Waals surface area contributed by atoms with Crippen molar-refractivity contribution in [3.63, 3.8) is 0 Å². The number of benzene rings is 3. The Morgan fingerprint density at radius 3 is 1.95 bits per heavy atom. The van der Waals surface area contributed by atoms with Crippen molar-refractivity contribution in [3.8, 4) is 11.1 Å². The third kappa shape index (κ3) is 1.64. The van der Waals surface area contributed by atoms with E-state index in [-0.39, 0.29) is 0 Å². The molecule has 0 saturated heterocycles. The van der Waals surface area contributed by atoms with Gasteiger partial charge in [-0.05, 0) is 34.7 Å². The van der Waals surface area contributed by atoms with Gasteiger partial charge in [0.1, 0.15) is 11.6 Å². The van der Waals surface area contributed by atoms with E-state index >= 15 is 0 Å². The number of hydrogen-bond acceptors (Lipinski definition) is 2. The van der Waals surface area contributed by atoms with Crippen LogP contribution in [0.1, 0.15) is 20.7 Å². The van der Waals surface area contributed by atoms with E-state index in [0.717, 1.165) is 6.07 Å². The number of rotatable bonds is 1. The molecule has 2 nitrogen and oxygen atoms in total. The van der Waals surface area contributed by atoms with Crippen molar-refractivity contribution < 1.29 is 18.4 Å². The summed E-state index contributed by atoms with van der Waals surface area (Å²) in [6.45, 7) is 0. The number of carbonyl (C=O) groups excluding carboxylic acids is 2. The highest BCUT2D eigenvalue weighted by atomic mass is 19.1. The highest BCUT2D eigenvalue weighted by Gasteiger charge is 2.31. The summed E-state index contributed by atoms with van der Waals surface area (Å²) in [5, 5.41) is 1.19. The molecule has 0 aromatic heterocycles. The first-order chi connectivity index (χ1) is 10.6. The average molecular weight is 294 g/mol. The van der Waals surface area contributed by atoms with E-state index in [1.54, 1.807) is 24.3 Å². The van der Waals surface area contributed by atoms with Gasteiger partial charge in [0, 0.05) is 22.6 Å². The van der Waals surface area contributed by atoms with E-state index < -0.39 is 23.2 Å². The highest BCUT2D eigenvalue weighted by Crippen LogP contribution is 2.37. The van der Waals surface area contributed by atoms with Gasteiger partial charge in [-0.3, -0.25) is 9.59 Å². The molecule has 0 bridgehead atoms. The number of halogens is 2. The number of hydrogen-bond donors (Lipinski definition) is 0. The maximum atomic E-state index is 13.5. The molecule has 0 amide bonds. The van der Waals surface area contributed by atoms with Gasteiger partial charge in [0.25, 0.3) is 0 Å². The first kappa shape index (κ1) is 12.8. The number of ketones is 2. The third-order valence-corrected chi connectivity index (χ3v) is 3.91. The Kier molecular flexibility index (Phi) is 2.51. The molecule has 0 saturated carbocycles. The molecular weight excluding hydrogens is 286 g/mol. The van der Waals surface area contributed by atoms with Crippen LogP contribution < -0.4 is 0 Å². The van der Waals surface area contributed by atoms with Gasteiger partial charge >= 0.3 is 0 Å². The molecule has 1 aliphatic rings. The summed E-state index contributed by atoms with van der Waals surface area (Å²) in [6.07, 6.45) is 0. The molecule has 3 aromatic carbocycles. The Morgan fingerprint density at radius 1 is 0.682 bits per heavy atom. The summed E-state index contributed by atoms with van der Waals surface area (Å²) >= 11 is 0. The molecule has 1 aliphatic carbocycles. The first-order valence-corrected chi connectivity index (χ1v) is 6.67. The molecule has 0 radical (unpaired) electrons. The molecule has 0 atom stereocenters. The largest absolute Gasteiger partial charge is 0.285 e. The van der Waals surface area contributed by atoms with Crippen LogP contribution in [0, 0.1) is 11.6 Å². The van der Waals surface area contributed by atoms with Gasteiger partial charge in [0.15, 0.2) is 0 Å². The smallest absolute Gasteiger partial charge is 0.234 e. The molecule has 0 spiro atoms. The fourth-order valence-electron chi connectivity index (χ4n) is 2.99. The summed E-state index contributed by atoms with van der Waals surface area (Å²) in [5.41, 5.74) is 1.64. The second kappa shape index (κ2) is 4.31. The summed E-state index contributed by atoms with van der Waals surface area (Å²) in [7, 11) is 0. The van der Waals surface area contributed by atoms with Crippen molar-refractivity contribution in [3.05, 3.63) is 71.3 Å². The zero-order valence-corrected chi connectivity index (χ0v) is 11.2. The molecular formula is C18H8F2O2. The van der Waals surface area contributed by atoms with Crippen LogP contribution in [0.15, 0.2) is 48.5 Å². The summed E-state index contributed by atoms with van der Waals surface area (Å²) in [4.78, 5) is 23.9. The number of Topliss-reactive ketones (excluding diaryl/α,β-unsaturated/α-hetero) is 2. The predicted octanol–water partition coefficient (Wildman–Crippen LogP) is 4.16. The van der Waals surface area contributed by atoms with Crippen LogP contribution in [-0.4, -0.2) is 11.6 Å². The minimum atomic E-state index is -0.676. The monoisotopic (exact) mass is 294 g/mol. The van der Waals surface area contributed by atoms with Crippen LogP contribution in [0.2, 0.25) is 0 Å². The van der Waals surface area contributed by atoms with Crippen molar-refractivity contribution in [2.24, 2.45) is 0 Å². The standard InChI is InChI=1S/C18H8F2O2/c19-10-6-9(7-11(20)8-10)12-4-5-15-16-13(12)2-1-3-14(16)17(21)18(15)22/h1-8H. The van der Waals surface area contributed by atoms with Crippen molar-refractivity contribution >= 4 is 22.3 Å². The fourth-order valence-corrected chi connectivity index (χ4v) is 2.99. The van der Waals surface area contributed by atoms with E-state index in [4.69, 9.17) is 0 Å². The Morgan fingerprint density at radius 2 is 1.27 bits per heavy atom. The van der Waals surface area contributed by atoms with Gasteiger partial charge in [0.05, 0.1) is 0 Å². The molecule has 0 heterocycles. The average Bonchev–Trinajstić information content (AvgIpc) is 2.74. The van der Waals surface area contributed by atoms with E-state index in [1.165, 1.54) is 18.2 Å². The van der Waals surface area contributed by atoms with Gasteiger partial charge < -0.3 is 0 Å². The lowest BCUT2D eigenvalue weighted by Crippen LogP contribution is -2.05. The fraction of sp³-hybridized carbons (Fsp3) is 0. The predicted molar refractivity (Wildman–Crippen MR) is 78.0 cm³/mol. The van der Waals surface area contributed by atoms with Gasteiger partial charge in [0.2, 0.25) is 11.6 Å². The van der Waals surface area contributed by atoms with E-state index in [1.807, 2.05) is 0 Å². The Labute approximate surface area is 124 Å². The topological polar surface area (TPSA) is 34.1 Å². The summed E-state index contributed by atoms with van der Waals surface area (Å²) in [6, 6.07) is 11.4. The molecule has 0 fully saturated rings. The molecule has 0 unspecified atom stereocenters. The van der Waals surface area contributed by atoms with Gasteiger partial charge in [-0.1, -0.05) is 24.3 Å². The molecule has 3 aromatic rings. The van der Waals surface area contributed by atoms with Crippen LogP contribution in [-0.2, 0) is 0 Å². The lowest BCUT2D eigenvalue weighted by atomic mass is 9.95. The molecule has 0 N–H and O–H groups in total. The van der Waals surface area contributed by atoms with E-state index in [2.05, 4.69) is 0 Å². The Balaban J connectivity index is 2.10. The minimum absolute atomic E-state index is 0.344. The molecule has 4 heteroatoms. The second-order valence-corrected chi connectivity index (χ2v) is 5.21. The van der Waals surface area contributed by atoms with Gasteiger partial charge in [-0.2, -0.15) is 0 Å². The normalized spacial score (nSPS) is 13.2. The highest BCUT2D eigenvalue weighted by molar-refractivity contribution is 6.57. The van der Waals surface area contributed by atoms with Crippen LogP contribution >= 0.6 is 0 Å². The van der Waals surface area contributed by atoms with Crippen molar-refractivity contribution in [2.45, 2.75) is 0 Å². The quantitative estimate of drug-likeness (QED) is 0.631.